The summed E-state index contributed by atoms with van der Waals surface area (Å²) in [6, 6.07) is 5.96. The van der Waals surface area contributed by atoms with Gasteiger partial charge in [-0.3, -0.25) is 9.59 Å². The molecule has 1 aliphatic heterocycles. The number of fused-ring (bicyclic) bond motifs is 1. The third kappa shape index (κ3) is 8.50. The lowest BCUT2D eigenvalue weighted by molar-refractivity contribution is -0.209. The second-order valence-electron chi connectivity index (χ2n) is 11.5. The molecule has 14 heteroatoms. The SMILES string of the molecule is O=C(CCNC(=O)C1=CC2OC(C3CC3)(C3CC3)OC2C(OC(=O)c2cccc(C=CC(=O)OCC(F)(F)F)c2)C1)NCCO. The lowest BCUT2D eigenvalue weighted by Gasteiger charge is -2.31. The van der Waals surface area contributed by atoms with Crippen molar-refractivity contribution in [2.45, 2.75) is 68.8 Å². The number of amides is 2. The highest BCUT2D eigenvalue weighted by Crippen LogP contribution is 2.59. The first kappa shape index (κ1) is 32.6. The van der Waals surface area contributed by atoms with E-state index in [2.05, 4.69) is 15.4 Å². The number of halogens is 3. The Morgan fingerprint density at radius 2 is 1.78 bits per heavy atom. The minimum absolute atomic E-state index is 0.0143. The number of aliphatic hydroxyl groups is 1. The minimum Gasteiger partial charge on any atom is -0.456 e. The van der Waals surface area contributed by atoms with Crippen molar-refractivity contribution in [3.63, 3.8) is 0 Å². The molecule has 1 saturated heterocycles. The first-order chi connectivity index (χ1) is 21.5. The number of esters is 2. The standard InChI is InChI=1S/C31H35F3N2O9/c32-30(33,34)17-42-26(39)9-4-18-2-1-3-19(14-18)29(41)43-23-15-20(28(40)36-11-10-25(38)35-12-13-37)16-24-27(23)45-31(44-24,21-5-6-21)22-7-8-22/h1-4,9,14,16,21-24,27,37H,5-8,10-13,15,17H2,(H,35,38)(H,36,40). The molecule has 11 nitrogen and oxygen atoms in total. The zero-order chi connectivity index (χ0) is 32.2. The van der Waals surface area contributed by atoms with Gasteiger partial charge in [-0.25, -0.2) is 9.59 Å². The Balaban J connectivity index is 1.27. The summed E-state index contributed by atoms with van der Waals surface area (Å²) in [5.74, 6) is -3.02. The quantitative estimate of drug-likeness (QED) is 0.219. The maximum absolute atomic E-state index is 13.3. The molecule has 244 valence electrons. The highest BCUT2D eigenvalue weighted by Gasteiger charge is 2.64. The van der Waals surface area contributed by atoms with Crippen molar-refractivity contribution < 1.29 is 56.4 Å². The van der Waals surface area contributed by atoms with Crippen LogP contribution in [0, 0.1) is 11.8 Å². The summed E-state index contributed by atoms with van der Waals surface area (Å²) in [7, 11) is 0. The van der Waals surface area contributed by atoms with Gasteiger partial charge < -0.3 is 34.7 Å². The van der Waals surface area contributed by atoms with Gasteiger partial charge in [0.05, 0.1) is 12.2 Å². The van der Waals surface area contributed by atoms with Crippen molar-refractivity contribution in [3.05, 3.63) is 53.1 Å². The number of ether oxygens (including phenoxy) is 4. The second-order valence-corrected chi connectivity index (χ2v) is 11.5. The molecule has 3 fully saturated rings. The largest absolute Gasteiger partial charge is 0.456 e. The van der Waals surface area contributed by atoms with Crippen molar-refractivity contribution in [2.24, 2.45) is 11.8 Å². The van der Waals surface area contributed by atoms with E-state index in [-0.39, 0.29) is 55.8 Å². The topological polar surface area (TPSA) is 149 Å². The van der Waals surface area contributed by atoms with Gasteiger partial charge in [0.1, 0.15) is 18.3 Å². The Bertz CT molecular complexity index is 1340. The number of hydrogen-bond donors (Lipinski definition) is 3. The van der Waals surface area contributed by atoms with Gasteiger partial charge in [-0.1, -0.05) is 12.1 Å². The van der Waals surface area contributed by atoms with Crippen molar-refractivity contribution in [1.29, 1.82) is 0 Å². The monoisotopic (exact) mass is 636 g/mol. The van der Waals surface area contributed by atoms with E-state index in [1.165, 1.54) is 24.3 Å². The van der Waals surface area contributed by atoms with Crippen LogP contribution >= 0.6 is 0 Å². The molecule has 4 aliphatic rings. The molecule has 3 N–H and O–H groups in total. The number of alkyl halides is 3. The van der Waals surface area contributed by atoms with Gasteiger partial charge in [0, 0.05) is 49.4 Å². The smallest absolute Gasteiger partial charge is 0.422 e. The predicted molar refractivity (Wildman–Crippen MR) is 150 cm³/mol. The summed E-state index contributed by atoms with van der Waals surface area (Å²) in [4.78, 5) is 49.9. The van der Waals surface area contributed by atoms with Crippen molar-refractivity contribution in [2.75, 3.05) is 26.3 Å². The molecule has 45 heavy (non-hydrogen) atoms. The van der Waals surface area contributed by atoms with E-state index in [1.807, 2.05) is 0 Å². The summed E-state index contributed by atoms with van der Waals surface area (Å²) in [5, 5.41) is 14.1. The van der Waals surface area contributed by atoms with Gasteiger partial charge in [0.25, 0.3) is 0 Å². The van der Waals surface area contributed by atoms with Crippen LogP contribution in [0.3, 0.4) is 0 Å². The lowest BCUT2D eigenvalue weighted by atomic mass is 9.91. The van der Waals surface area contributed by atoms with Crippen LogP contribution < -0.4 is 10.6 Å². The zero-order valence-electron chi connectivity index (χ0n) is 24.3. The molecule has 3 aliphatic carbocycles. The van der Waals surface area contributed by atoms with E-state index in [1.54, 1.807) is 12.1 Å². The van der Waals surface area contributed by atoms with Crippen LogP contribution in [0.25, 0.3) is 6.08 Å². The van der Waals surface area contributed by atoms with Gasteiger partial charge >= 0.3 is 18.1 Å². The van der Waals surface area contributed by atoms with Gasteiger partial charge in [0.15, 0.2) is 12.4 Å². The summed E-state index contributed by atoms with van der Waals surface area (Å²) in [6.45, 7) is -1.74. The first-order valence-electron chi connectivity index (χ1n) is 14.9. The van der Waals surface area contributed by atoms with Crippen LogP contribution in [0.5, 0.6) is 0 Å². The van der Waals surface area contributed by atoms with Gasteiger partial charge in [-0.05, 0) is 55.5 Å². The van der Waals surface area contributed by atoms with E-state index in [0.717, 1.165) is 31.8 Å². The summed E-state index contributed by atoms with van der Waals surface area (Å²) < 4.78 is 60.0. The van der Waals surface area contributed by atoms with Crippen LogP contribution in [0.2, 0.25) is 0 Å². The van der Waals surface area contributed by atoms with Gasteiger partial charge in [-0.2, -0.15) is 13.2 Å². The molecule has 0 radical (unpaired) electrons. The summed E-state index contributed by atoms with van der Waals surface area (Å²) in [6.07, 6.45) is 0.814. The number of rotatable bonds is 13. The number of carbonyl (C=O) groups is 4. The molecule has 1 aromatic rings. The normalized spacial score (nSPS) is 24.0. The molecule has 3 atom stereocenters. The average Bonchev–Trinajstić information content (AvgIpc) is 3.95. The molecule has 5 rings (SSSR count). The highest BCUT2D eigenvalue weighted by atomic mass is 19.4. The predicted octanol–water partition coefficient (Wildman–Crippen LogP) is 2.58. The van der Waals surface area contributed by atoms with E-state index in [4.69, 9.17) is 19.3 Å². The Kier molecular flexibility index (Phi) is 9.94. The molecule has 1 heterocycles. The maximum atomic E-state index is 13.3. The van der Waals surface area contributed by atoms with E-state index in [0.29, 0.717) is 11.1 Å². The van der Waals surface area contributed by atoms with Crippen molar-refractivity contribution in [1.82, 2.24) is 10.6 Å². The van der Waals surface area contributed by atoms with Crippen LogP contribution in [-0.2, 0) is 33.3 Å². The van der Waals surface area contributed by atoms with Crippen molar-refractivity contribution >= 4 is 29.8 Å². The molecular formula is C31H35F3N2O9. The number of aliphatic hydroxyl groups excluding tert-OH is 1. The van der Waals surface area contributed by atoms with Crippen molar-refractivity contribution in [3.8, 4) is 0 Å². The molecule has 1 aromatic carbocycles. The molecule has 2 amide bonds. The molecule has 2 saturated carbocycles. The van der Waals surface area contributed by atoms with E-state index in [9.17, 15) is 32.3 Å². The Morgan fingerprint density at radius 1 is 1.04 bits per heavy atom. The maximum Gasteiger partial charge on any atom is 0.422 e. The molecule has 0 bridgehead atoms. The van der Waals surface area contributed by atoms with Gasteiger partial charge in [-0.15, -0.1) is 0 Å². The third-order valence-electron chi connectivity index (χ3n) is 7.94. The Hall–Kier alpha value is -3.75. The zero-order valence-corrected chi connectivity index (χ0v) is 24.3. The molecular weight excluding hydrogens is 601 g/mol. The summed E-state index contributed by atoms with van der Waals surface area (Å²) >= 11 is 0. The van der Waals surface area contributed by atoms with Crippen LogP contribution in [0.1, 0.15) is 54.4 Å². The van der Waals surface area contributed by atoms with E-state index >= 15 is 0 Å². The summed E-state index contributed by atoms with van der Waals surface area (Å²) in [5.41, 5.74) is 0.783. The van der Waals surface area contributed by atoms with E-state index < -0.39 is 54.7 Å². The fourth-order valence-corrected chi connectivity index (χ4v) is 5.60. The Morgan fingerprint density at radius 3 is 2.44 bits per heavy atom. The van der Waals surface area contributed by atoms with Crippen LogP contribution in [0.15, 0.2) is 42.0 Å². The number of carbonyl (C=O) groups excluding carboxylic acids is 4. The number of benzene rings is 1. The fourth-order valence-electron chi connectivity index (χ4n) is 5.60. The van der Waals surface area contributed by atoms with Gasteiger partial charge in [0.2, 0.25) is 11.8 Å². The Labute approximate surface area is 257 Å². The fraction of sp³-hybridized carbons (Fsp3) is 0.548. The van der Waals surface area contributed by atoms with Crippen LogP contribution in [0.4, 0.5) is 13.2 Å². The molecule has 0 spiro atoms. The number of hydrogen-bond acceptors (Lipinski definition) is 9. The first-order valence-corrected chi connectivity index (χ1v) is 14.9. The van der Waals surface area contributed by atoms with Crippen LogP contribution in [-0.4, -0.2) is 85.4 Å². The highest BCUT2D eigenvalue weighted by molar-refractivity contribution is 5.95. The molecule has 3 unspecified atom stereocenters. The third-order valence-corrected chi connectivity index (χ3v) is 7.94. The average molecular weight is 637 g/mol. The minimum atomic E-state index is -4.65. The lowest BCUT2D eigenvalue weighted by Crippen LogP contribution is -2.44. The second kappa shape index (κ2) is 13.7. The molecule has 0 aromatic heterocycles. The number of nitrogens with one attached hydrogen (secondary N) is 2.